The highest BCUT2D eigenvalue weighted by atomic mass is 35.7. The lowest BCUT2D eigenvalue weighted by molar-refractivity contribution is -0.385. The van der Waals surface area contributed by atoms with Gasteiger partial charge in [-0.2, -0.15) is 8.42 Å². The third-order valence-corrected chi connectivity index (χ3v) is 2.21. The van der Waals surface area contributed by atoms with Crippen LogP contribution in [0.25, 0.3) is 0 Å². The van der Waals surface area contributed by atoms with E-state index < -0.39 is 20.9 Å². The summed E-state index contributed by atoms with van der Waals surface area (Å²) in [4.78, 5) is 9.89. The van der Waals surface area contributed by atoms with Crippen molar-refractivity contribution >= 4 is 25.7 Å². The summed E-state index contributed by atoms with van der Waals surface area (Å²) >= 11 is 0. The number of para-hydroxylation sites is 1. The van der Waals surface area contributed by atoms with E-state index in [1.54, 1.807) is 0 Å². The van der Waals surface area contributed by atoms with Crippen LogP contribution in [-0.2, 0) is 20.1 Å². The zero-order valence-corrected chi connectivity index (χ0v) is 8.86. The fraction of sp³-hybridized carbons (Fsp3) is 0.143. The van der Waals surface area contributed by atoms with E-state index in [9.17, 15) is 18.5 Å². The maximum absolute atomic E-state index is 10.5. The lowest BCUT2D eigenvalue weighted by atomic mass is 10.2. The van der Waals surface area contributed by atoms with Crippen LogP contribution < -0.4 is 0 Å². The Morgan fingerprint density at radius 2 is 2.00 bits per heavy atom. The first-order valence-corrected chi connectivity index (χ1v) is 5.95. The minimum atomic E-state index is -4.12. The normalized spacial score (nSPS) is 11.3. The Morgan fingerprint density at radius 1 is 1.40 bits per heavy atom. The summed E-state index contributed by atoms with van der Waals surface area (Å²) < 4.78 is 25.2. The first kappa shape index (κ1) is 11.9. The molecule has 0 spiro atoms. The van der Waals surface area contributed by atoms with Crippen LogP contribution in [0.2, 0.25) is 0 Å². The van der Waals surface area contributed by atoms with Crippen LogP contribution in [0.15, 0.2) is 24.3 Å². The highest BCUT2D eigenvalue weighted by Gasteiger charge is 2.14. The Balaban J connectivity index is 2.90. The number of rotatable bonds is 4. The van der Waals surface area contributed by atoms with E-state index in [2.05, 4.69) is 4.18 Å². The summed E-state index contributed by atoms with van der Waals surface area (Å²) in [6.07, 6.45) is 0. The second-order valence-corrected chi connectivity index (χ2v) is 4.70. The van der Waals surface area contributed by atoms with Gasteiger partial charge in [-0.25, -0.2) is 0 Å². The van der Waals surface area contributed by atoms with Gasteiger partial charge >= 0.3 is 9.33 Å². The van der Waals surface area contributed by atoms with Crippen molar-refractivity contribution in [2.75, 3.05) is 0 Å². The van der Waals surface area contributed by atoms with Gasteiger partial charge in [-0.05, 0) is 6.07 Å². The summed E-state index contributed by atoms with van der Waals surface area (Å²) in [6.45, 7) is -0.455. The molecule has 82 valence electrons. The molecule has 15 heavy (non-hydrogen) atoms. The van der Waals surface area contributed by atoms with Crippen LogP contribution in [0.5, 0.6) is 0 Å². The second-order valence-electron chi connectivity index (χ2n) is 2.54. The van der Waals surface area contributed by atoms with Crippen molar-refractivity contribution in [3.8, 4) is 0 Å². The molecule has 0 unspecified atom stereocenters. The molecule has 0 aliphatic heterocycles. The summed E-state index contributed by atoms with van der Waals surface area (Å²) in [7, 11) is 0.680. The van der Waals surface area contributed by atoms with E-state index >= 15 is 0 Å². The largest absolute Gasteiger partial charge is 0.355 e. The van der Waals surface area contributed by atoms with Gasteiger partial charge in [-0.15, -0.1) is 0 Å². The number of nitro groups is 1. The van der Waals surface area contributed by atoms with E-state index in [4.69, 9.17) is 10.7 Å². The van der Waals surface area contributed by atoms with Gasteiger partial charge in [0.25, 0.3) is 5.69 Å². The Morgan fingerprint density at radius 3 is 2.53 bits per heavy atom. The monoisotopic (exact) mass is 251 g/mol. The number of hydrogen-bond acceptors (Lipinski definition) is 5. The maximum atomic E-state index is 10.5. The number of nitro benzene ring substituents is 1. The molecule has 0 bridgehead atoms. The minimum absolute atomic E-state index is 0.145. The third-order valence-electron chi connectivity index (χ3n) is 1.54. The molecule has 8 heteroatoms. The molecule has 0 aromatic heterocycles. The zero-order valence-electron chi connectivity index (χ0n) is 7.29. The van der Waals surface area contributed by atoms with Gasteiger partial charge in [0, 0.05) is 16.7 Å². The quantitative estimate of drug-likeness (QED) is 0.461. The summed E-state index contributed by atoms with van der Waals surface area (Å²) in [5, 5.41) is 10.5. The standard InChI is InChI=1S/C7H6ClNO5S/c8-15(12,13)14-5-6-3-1-2-4-7(6)9(10)11/h1-4H,5H2. The van der Waals surface area contributed by atoms with Crippen molar-refractivity contribution in [3.05, 3.63) is 39.9 Å². The van der Waals surface area contributed by atoms with Gasteiger partial charge < -0.3 is 0 Å². The van der Waals surface area contributed by atoms with Crippen LogP contribution in [0.1, 0.15) is 5.56 Å². The van der Waals surface area contributed by atoms with Gasteiger partial charge in [0.2, 0.25) is 0 Å². The zero-order chi connectivity index (χ0) is 11.5. The SMILES string of the molecule is O=[N+]([O-])c1ccccc1COS(=O)(=O)Cl. The number of benzene rings is 1. The Bertz CT molecular complexity index is 472. The Labute approximate surface area is 90.2 Å². The second kappa shape index (κ2) is 4.56. The minimum Gasteiger partial charge on any atom is -0.258 e. The first-order valence-electron chi connectivity index (χ1n) is 3.71. The number of hydrogen-bond donors (Lipinski definition) is 0. The van der Waals surface area contributed by atoms with E-state index in [1.165, 1.54) is 24.3 Å². The fourth-order valence-corrected chi connectivity index (χ4v) is 1.35. The fourth-order valence-electron chi connectivity index (χ4n) is 0.945. The van der Waals surface area contributed by atoms with Gasteiger partial charge in [0.15, 0.2) is 0 Å². The third kappa shape index (κ3) is 3.82. The van der Waals surface area contributed by atoms with Crippen molar-refractivity contribution in [1.29, 1.82) is 0 Å². The van der Waals surface area contributed by atoms with Crippen LogP contribution in [-0.4, -0.2) is 13.3 Å². The molecule has 0 fully saturated rings. The molecule has 0 N–H and O–H groups in total. The molecule has 0 atom stereocenters. The van der Waals surface area contributed by atoms with E-state index in [-0.39, 0.29) is 11.3 Å². The molecule has 0 amide bonds. The molecular formula is C7H6ClNO5S. The molecule has 0 saturated heterocycles. The predicted molar refractivity (Wildman–Crippen MR) is 52.7 cm³/mol. The topological polar surface area (TPSA) is 86.5 Å². The maximum Gasteiger partial charge on any atom is 0.355 e. The van der Waals surface area contributed by atoms with Crippen LogP contribution in [0.4, 0.5) is 5.69 Å². The Kier molecular flexibility index (Phi) is 3.61. The van der Waals surface area contributed by atoms with E-state index in [0.29, 0.717) is 0 Å². The molecule has 0 aliphatic carbocycles. The molecule has 1 rings (SSSR count). The van der Waals surface area contributed by atoms with Crippen molar-refractivity contribution in [3.63, 3.8) is 0 Å². The Hall–Kier alpha value is -1.18. The average molecular weight is 252 g/mol. The van der Waals surface area contributed by atoms with Gasteiger partial charge in [-0.3, -0.25) is 14.3 Å². The summed E-state index contributed by atoms with van der Waals surface area (Å²) in [5.41, 5.74) is -0.0652. The van der Waals surface area contributed by atoms with Gasteiger partial charge in [-0.1, -0.05) is 12.1 Å². The number of nitrogens with zero attached hydrogens (tertiary/aromatic N) is 1. The van der Waals surface area contributed by atoms with E-state index in [1.807, 2.05) is 0 Å². The molecule has 1 aromatic rings. The highest BCUT2D eigenvalue weighted by molar-refractivity contribution is 8.09. The van der Waals surface area contributed by atoms with Gasteiger partial charge in [0.1, 0.15) is 0 Å². The number of halogens is 1. The van der Waals surface area contributed by atoms with Crippen molar-refractivity contribution in [2.45, 2.75) is 6.61 Å². The molecule has 1 aromatic carbocycles. The lowest BCUT2D eigenvalue weighted by Crippen LogP contribution is -2.01. The van der Waals surface area contributed by atoms with Crippen LogP contribution in [0, 0.1) is 10.1 Å². The van der Waals surface area contributed by atoms with Crippen molar-refractivity contribution in [2.24, 2.45) is 0 Å². The molecular weight excluding hydrogens is 246 g/mol. The molecule has 0 aliphatic rings. The molecule has 0 heterocycles. The summed E-state index contributed by atoms with van der Waals surface area (Å²) in [6, 6.07) is 5.64. The highest BCUT2D eigenvalue weighted by Crippen LogP contribution is 2.19. The molecule has 0 radical (unpaired) electrons. The van der Waals surface area contributed by atoms with Crippen molar-refractivity contribution < 1.29 is 17.5 Å². The van der Waals surface area contributed by atoms with E-state index in [0.717, 1.165) is 0 Å². The van der Waals surface area contributed by atoms with Crippen molar-refractivity contribution in [1.82, 2.24) is 0 Å². The average Bonchev–Trinajstić information content (AvgIpc) is 2.14. The lowest BCUT2D eigenvalue weighted by Gasteiger charge is -2.01. The van der Waals surface area contributed by atoms with Crippen LogP contribution in [0.3, 0.4) is 0 Å². The van der Waals surface area contributed by atoms with Crippen LogP contribution >= 0.6 is 10.7 Å². The molecule has 6 nitrogen and oxygen atoms in total. The summed E-state index contributed by atoms with van der Waals surface area (Å²) in [5.74, 6) is 0. The molecule has 0 saturated carbocycles. The predicted octanol–water partition coefficient (Wildman–Crippen LogP) is 1.60. The first-order chi connectivity index (χ1) is 6.90. The van der Waals surface area contributed by atoms with Gasteiger partial charge in [0.05, 0.1) is 17.1 Å². The smallest absolute Gasteiger partial charge is 0.258 e.